The second-order valence-corrected chi connectivity index (χ2v) is 5.08. The highest BCUT2D eigenvalue weighted by Crippen LogP contribution is 2.16. The number of benzene rings is 1. The van der Waals surface area contributed by atoms with Crippen LogP contribution in [0.5, 0.6) is 0 Å². The van der Waals surface area contributed by atoms with E-state index in [1.54, 1.807) is 17.4 Å². The lowest BCUT2D eigenvalue weighted by Gasteiger charge is -2.05. The summed E-state index contributed by atoms with van der Waals surface area (Å²) < 4.78 is 13.2. The number of hydrogen-bond donors (Lipinski definition) is 1. The second-order valence-electron chi connectivity index (χ2n) is 3.93. The van der Waals surface area contributed by atoms with Crippen molar-refractivity contribution in [2.45, 2.75) is 20.0 Å². The highest BCUT2D eigenvalue weighted by Gasteiger charge is 2.02. The zero-order valence-corrected chi connectivity index (χ0v) is 11.0. The van der Waals surface area contributed by atoms with E-state index in [1.807, 2.05) is 6.07 Å². The van der Waals surface area contributed by atoms with Crippen molar-refractivity contribution in [2.75, 3.05) is 0 Å². The molecule has 2 aromatic rings. The molecular formula is C13H13ClFNS. The highest BCUT2D eigenvalue weighted by molar-refractivity contribution is 7.08. The third-order valence-corrected chi connectivity index (χ3v) is 3.81. The summed E-state index contributed by atoms with van der Waals surface area (Å²) in [4.78, 5) is 0. The largest absolute Gasteiger partial charge is 0.309 e. The van der Waals surface area contributed by atoms with E-state index in [4.69, 9.17) is 11.6 Å². The summed E-state index contributed by atoms with van der Waals surface area (Å²) in [5.41, 5.74) is 3.49. The number of nitrogens with one attached hydrogen (secondary N) is 1. The first-order valence-electron chi connectivity index (χ1n) is 5.33. The fourth-order valence-electron chi connectivity index (χ4n) is 1.56. The molecule has 90 valence electrons. The molecule has 1 aromatic carbocycles. The molecule has 0 atom stereocenters. The Morgan fingerprint density at radius 3 is 2.76 bits per heavy atom. The van der Waals surface area contributed by atoms with E-state index in [1.165, 1.54) is 17.2 Å². The van der Waals surface area contributed by atoms with Gasteiger partial charge in [0.15, 0.2) is 0 Å². The third-order valence-electron chi connectivity index (χ3n) is 2.59. The Balaban J connectivity index is 1.90. The van der Waals surface area contributed by atoms with E-state index in [0.29, 0.717) is 6.54 Å². The van der Waals surface area contributed by atoms with Crippen LogP contribution in [0.2, 0.25) is 5.02 Å². The van der Waals surface area contributed by atoms with Crippen molar-refractivity contribution >= 4 is 22.9 Å². The maximum absolute atomic E-state index is 13.2. The van der Waals surface area contributed by atoms with Gasteiger partial charge in [0.2, 0.25) is 0 Å². The molecule has 4 heteroatoms. The molecule has 17 heavy (non-hydrogen) atoms. The summed E-state index contributed by atoms with van der Waals surface area (Å²) in [5, 5.41) is 7.71. The van der Waals surface area contributed by atoms with Crippen molar-refractivity contribution < 1.29 is 4.39 Å². The Labute approximate surface area is 109 Å². The van der Waals surface area contributed by atoms with Crippen molar-refractivity contribution in [1.29, 1.82) is 0 Å². The van der Waals surface area contributed by atoms with Crippen LogP contribution in [0, 0.1) is 12.7 Å². The van der Waals surface area contributed by atoms with Gasteiger partial charge in [-0.15, -0.1) is 0 Å². The Morgan fingerprint density at radius 1 is 1.29 bits per heavy atom. The van der Waals surface area contributed by atoms with Gasteiger partial charge in [-0.3, -0.25) is 0 Å². The molecule has 0 aliphatic carbocycles. The average molecular weight is 270 g/mol. The number of hydrogen-bond acceptors (Lipinski definition) is 2. The van der Waals surface area contributed by atoms with Crippen LogP contribution in [-0.4, -0.2) is 0 Å². The Morgan fingerprint density at radius 2 is 2.12 bits per heavy atom. The first-order chi connectivity index (χ1) is 8.16. The molecule has 1 nitrogen and oxygen atoms in total. The van der Waals surface area contributed by atoms with Gasteiger partial charge in [0.25, 0.3) is 0 Å². The zero-order chi connectivity index (χ0) is 12.3. The fourth-order valence-corrected chi connectivity index (χ4v) is 2.53. The molecule has 0 radical (unpaired) electrons. The molecule has 0 aliphatic heterocycles. The number of halogens is 2. The Kier molecular flexibility index (Phi) is 4.15. The predicted molar refractivity (Wildman–Crippen MR) is 71.0 cm³/mol. The summed E-state index contributed by atoms with van der Waals surface area (Å²) in [6.45, 7) is 3.54. The van der Waals surface area contributed by atoms with Crippen molar-refractivity contribution in [3.8, 4) is 0 Å². The summed E-state index contributed by atoms with van der Waals surface area (Å²) in [5.74, 6) is -0.363. The molecule has 1 N–H and O–H groups in total. The molecule has 0 unspecified atom stereocenters. The van der Waals surface area contributed by atoms with Gasteiger partial charge in [-0.25, -0.2) is 4.39 Å². The number of rotatable bonds is 4. The lowest BCUT2D eigenvalue weighted by molar-refractivity contribution is 0.620. The number of aryl methyl sites for hydroxylation is 1. The molecule has 0 aliphatic rings. The van der Waals surface area contributed by atoms with Crippen LogP contribution >= 0.6 is 22.9 Å². The minimum absolute atomic E-state index is 0.169. The van der Waals surface area contributed by atoms with Gasteiger partial charge in [-0.05, 0) is 46.5 Å². The maximum atomic E-state index is 13.2. The SMILES string of the molecule is Cc1cscc1CNCc1ccc(Cl)c(F)c1. The van der Waals surface area contributed by atoms with Crippen molar-refractivity contribution in [3.05, 3.63) is 56.5 Å². The van der Waals surface area contributed by atoms with E-state index < -0.39 is 0 Å². The lowest BCUT2D eigenvalue weighted by Crippen LogP contribution is -2.12. The van der Waals surface area contributed by atoms with E-state index in [9.17, 15) is 4.39 Å². The van der Waals surface area contributed by atoms with E-state index in [0.717, 1.165) is 12.1 Å². The van der Waals surface area contributed by atoms with Gasteiger partial charge >= 0.3 is 0 Å². The third kappa shape index (κ3) is 3.28. The van der Waals surface area contributed by atoms with E-state index >= 15 is 0 Å². The van der Waals surface area contributed by atoms with Gasteiger partial charge in [0.05, 0.1) is 5.02 Å². The van der Waals surface area contributed by atoms with Crippen molar-refractivity contribution in [2.24, 2.45) is 0 Å². The van der Waals surface area contributed by atoms with Gasteiger partial charge in [-0.2, -0.15) is 11.3 Å². The molecule has 0 spiro atoms. The van der Waals surface area contributed by atoms with E-state index in [-0.39, 0.29) is 10.8 Å². The van der Waals surface area contributed by atoms with Gasteiger partial charge in [0, 0.05) is 13.1 Å². The molecule has 0 saturated heterocycles. The van der Waals surface area contributed by atoms with Crippen LogP contribution < -0.4 is 5.32 Å². The second kappa shape index (κ2) is 5.63. The van der Waals surface area contributed by atoms with Crippen LogP contribution in [0.3, 0.4) is 0 Å². The monoisotopic (exact) mass is 269 g/mol. The van der Waals surface area contributed by atoms with E-state index in [2.05, 4.69) is 23.0 Å². The fraction of sp³-hybridized carbons (Fsp3) is 0.231. The smallest absolute Gasteiger partial charge is 0.142 e. The average Bonchev–Trinajstić information content (AvgIpc) is 2.70. The first-order valence-corrected chi connectivity index (χ1v) is 6.65. The molecule has 0 bridgehead atoms. The molecule has 1 heterocycles. The van der Waals surface area contributed by atoms with Crippen molar-refractivity contribution in [3.63, 3.8) is 0 Å². The quantitative estimate of drug-likeness (QED) is 0.880. The van der Waals surface area contributed by atoms with Crippen LogP contribution in [0.4, 0.5) is 4.39 Å². The molecule has 2 rings (SSSR count). The normalized spacial score (nSPS) is 10.8. The van der Waals surface area contributed by atoms with Crippen LogP contribution in [0.25, 0.3) is 0 Å². The maximum Gasteiger partial charge on any atom is 0.142 e. The summed E-state index contributed by atoms with van der Waals surface area (Å²) in [6.07, 6.45) is 0. The van der Waals surface area contributed by atoms with Crippen molar-refractivity contribution in [1.82, 2.24) is 5.32 Å². The first kappa shape index (κ1) is 12.6. The Hall–Kier alpha value is -0.900. The molecule has 0 saturated carbocycles. The van der Waals surface area contributed by atoms with Crippen LogP contribution in [0.15, 0.2) is 29.0 Å². The highest BCUT2D eigenvalue weighted by atomic mass is 35.5. The zero-order valence-electron chi connectivity index (χ0n) is 9.47. The standard InChI is InChI=1S/C13H13ClFNS/c1-9-7-17-8-11(9)6-16-5-10-2-3-12(14)13(15)4-10/h2-4,7-8,16H,5-6H2,1H3. The molecular weight excluding hydrogens is 257 g/mol. The van der Waals surface area contributed by atoms with Gasteiger partial charge in [0.1, 0.15) is 5.82 Å². The molecule has 1 aromatic heterocycles. The topological polar surface area (TPSA) is 12.0 Å². The minimum Gasteiger partial charge on any atom is -0.309 e. The lowest BCUT2D eigenvalue weighted by atomic mass is 10.2. The number of thiophene rings is 1. The predicted octanol–water partition coefficient (Wildman–Crippen LogP) is 4.14. The summed E-state index contributed by atoms with van der Waals surface area (Å²) >= 11 is 7.32. The summed E-state index contributed by atoms with van der Waals surface area (Å²) in [6, 6.07) is 4.89. The molecule has 0 fully saturated rings. The van der Waals surface area contributed by atoms with Gasteiger partial charge in [-0.1, -0.05) is 17.7 Å². The van der Waals surface area contributed by atoms with Gasteiger partial charge < -0.3 is 5.32 Å². The van der Waals surface area contributed by atoms with Crippen LogP contribution in [0.1, 0.15) is 16.7 Å². The Bertz CT molecular complexity index is 510. The molecule has 0 amide bonds. The minimum atomic E-state index is -0.363. The van der Waals surface area contributed by atoms with Crippen LogP contribution in [-0.2, 0) is 13.1 Å². The summed E-state index contributed by atoms with van der Waals surface area (Å²) in [7, 11) is 0.